The van der Waals surface area contributed by atoms with E-state index in [-0.39, 0.29) is 6.61 Å². The number of ether oxygens (including phenoxy) is 2. The van der Waals surface area contributed by atoms with E-state index < -0.39 is 0 Å². The molecular formula is C14H18N2O3. The van der Waals surface area contributed by atoms with Crippen molar-refractivity contribution in [2.45, 2.75) is 13.5 Å². The molecule has 0 aliphatic carbocycles. The van der Waals surface area contributed by atoms with Crippen LogP contribution >= 0.6 is 0 Å². The highest BCUT2D eigenvalue weighted by Gasteiger charge is 2.14. The molecule has 5 nitrogen and oxygen atoms in total. The van der Waals surface area contributed by atoms with Crippen LogP contribution in [0.2, 0.25) is 0 Å². The number of aliphatic hydroxyl groups is 1. The summed E-state index contributed by atoms with van der Waals surface area (Å²) in [6, 6.07) is 5.60. The molecular weight excluding hydrogens is 244 g/mol. The molecule has 1 heterocycles. The van der Waals surface area contributed by atoms with Crippen LogP contribution in [0.1, 0.15) is 11.4 Å². The molecule has 0 saturated heterocycles. The standard InChI is InChI=1S/C14H18N2O3/c1-9-13(8-17)15-14(16(9)2)10-5-11(18-3)7-12(6-10)19-4/h5-7,17H,8H2,1-4H3. The predicted octanol–water partition coefficient (Wildman–Crippen LogP) is 1.91. The van der Waals surface area contributed by atoms with Gasteiger partial charge in [-0.25, -0.2) is 4.98 Å². The smallest absolute Gasteiger partial charge is 0.140 e. The monoisotopic (exact) mass is 262 g/mol. The number of benzene rings is 1. The Hall–Kier alpha value is -2.01. The maximum absolute atomic E-state index is 9.28. The minimum atomic E-state index is -0.0687. The van der Waals surface area contributed by atoms with Crippen LogP contribution < -0.4 is 9.47 Å². The van der Waals surface area contributed by atoms with Crippen LogP contribution in [0.25, 0.3) is 11.4 Å². The van der Waals surface area contributed by atoms with Crippen molar-refractivity contribution in [1.29, 1.82) is 0 Å². The van der Waals surface area contributed by atoms with E-state index in [9.17, 15) is 5.11 Å². The highest BCUT2D eigenvalue weighted by molar-refractivity contribution is 5.62. The minimum absolute atomic E-state index is 0.0687. The van der Waals surface area contributed by atoms with E-state index in [4.69, 9.17) is 9.47 Å². The number of aliphatic hydroxyl groups excluding tert-OH is 1. The molecule has 0 radical (unpaired) electrons. The number of nitrogens with zero attached hydrogens (tertiary/aromatic N) is 2. The molecule has 5 heteroatoms. The SMILES string of the molecule is COc1cc(OC)cc(-c2nc(CO)c(C)n2C)c1. The van der Waals surface area contributed by atoms with Gasteiger partial charge in [-0.2, -0.15) is 0 Å². The van der Waals surface area contributed by atoms with Gasteiger partial charge in [-0.1, -0.05) is 0 Å². The third-order valence-electron chi connectivity index (χ3n) is 3.24. The van der Waals surface area contributed by atoms with Gasteiger partial charge in [0.25, 0.3) is 0 Å². The Morgan fingerprint density at radius 2 is 1.74 bits per heavy atom. The summed E-state index contributed by atoms with van der Waals surface area (Å²) in [6.07, 6.45) is 0. The number of methoxy groups -OCH3 is 2. The maximum Gasteiger partial charge on any atom is 0.140 e. The van der Waals surface area contributed by atoms with E-state index in [1.165, 1.54) is 0 Å². The lowest BCUT2D eigenvalue weighted by Gasteiger charge is -2.08. The lowest BCUT2D eigenvalue weighted by atomic mass is 10.2. The zero-order valence-electron chi connectivity index (χ0n) is 11.6. The van der Waals surface area contributed by atoms with Gasteiger partial charge in [-0.3, -0.25) is 0 Å². The summed E-state index contributed by atoms with van der Waals surface area (Å²) in [6.45, 7) is 1.86. The van der Waals surface area contributed by atoms with Crippen LogP contribution in [0.3, 0.4) is 0 Å². The minimum Gasteiger partial charge on any atom is -0.497 e. The molecule has 0 spiro atoms. The highest BCUT2D eigenvalue weighted by atomic mass is 16.5. The molecule has 0 fully saturated rings. The topological polar surface area (TPSA) is 56.5 Å². The van der Waals surface area contributed by atoms with Gasteiger partial charge in [-0.05, 0) is 19.1 Å². The van der Waals surface area contributed by atoms with E-state index in [0.717, 1.165) is 17.1 Å². The summed E-state index contributed by atoms with van der Waals surface area (Å²) in [7, 11) is 5.14. The Morgan fingerprint density at radius 3 is 2.16 bits per heavy atom. The van der Waals surface area contributed by atoms with Gasteiger partial charge in [0.05, 0.1) is 26.5 Å². The molecule has 19 heavy (non-hydrogen) atoms. The Balaban J connectivity index is 2.57. The van der Waals surface area contributed by atoms with E-state index in [0.29, 0.717) is 17.2 Å². The molecule has 2 rings (SSSR count). The van der Waals surface area contributed by atoms with Crippen LogP contribution in [0.15, 0.2) is 18.2 Å². The third kappa shape index (κ3) is 2.42. The first-order valence-electron chi connectivity index (χ1n) is 5.97. The molecule has 0 saturated carbocycles. The van der Waals surface area contributed by atoms with Gasteiger partial charge in [0, 0.05) is 24.4 Å². The molecule has 2 aromatic rings. The molecule has 0 bridgehead atoms. The molecule has 1 aromatic heterocycles. The summed E-state index contributed by atoms with van der Waals surface area (Å²) in [5, 5.41) is 9.28. The van der Waals surface area contributed by atoms with Gasteiger partial charge in [-0.15, -0.1) is 0 Å². The predicted molar refractivity (Wildman–Crippen MR) is 72.4 cm³/mol. The second-order valence-electron chi connectivity index (χ2n) is 4.29. The molecule has 0 amide bonds. The normalized spacial score (nSPS) is 10.6. The largest absolute Gasteiger partial charge is 0.497 e. The van der Waals surface area contributed by atoms with Crippen molar-refractivity contribution in [2.24, 2.45) is 7.05 Å². The fourth-order valence-corrected chi connectivity index (χ4v) is 1.98. The van der Waals surface area contributed by atoms with Crippen molar-refractivity contribution < 1.29 is 14.6 Å². The molecule has 0 aliphatic heterocycles. The number of hydrogen-bond acceptors (Lipinski definition) is 4. The molecule has 0 atom stereocenters. The Kier molecular flexibility index (Phi) is 3.76. The molecule has 0 unspecified atom stereocenters. The zero-order valence-corrected chi connectivity index (χ0v) is 11.6. The number of aromatic nitrogens is 2. The lowest BCUT2D eigenvalue weighted by Crippen LogP contribution is -1.96. The molecule has 102 valence electrons. The molecule has 1 N–H and O–H groups in total. The van der Waals surface area contributed by atoms with Crippen molar-refractivity contribution in [3.8, 4) is 22.9 Å². The third-order valence-corrected chi connectivity index (χ3v) is 3.24. The molecule has 0 aliphatic rings. The van der Waals surface area contributed by atoms with Crippen molar-refractivity contribution in [1.82, 2.24) is 9.55 Å². The fourth-order valence-electron chi connectivity index (χ4n) is 1.98. The first kappa shape index (κ1) is 13.4. The van der Waals surface area contributed by atoms with Crippen molar-refractivity contribution >= 4 is 0 Å². The van der Waals surface area contributed by atoms with Crippen molar-refractivity contribution in [2.75, 3.05) is 14.2 Å². The average molecular weight is 262 g/mol. The highest BCUT2D eigenvalue weighted by Crippen LogP contribution is 2.30. The number of rotatable bonds is 4. The zero-order chi connectivity index (χ0) is 14.0. The summed E-state index contributed by atoms with van der Waals surface area (Å²) in [5.41, 5.74) is 2.51. The van der Waals surface area contributed by atoms with Gasteiger partial charge >= 0.3 is 0 Å². The van der Waals surface area contributed by atoms with Crippen molar-refractivity contribution in [3.63, 3.8) is 0 Å². The average Bonchev–Trinajstić information content (AvgIpc) is 2.74. The van der Waals surface area contributed by atoms with Gasteiger partial charge in [0.2, 0.25) is 0 Å². The summed E-state index contributed by atoms with van der Waals surface area (Å²) < 4.78 is 12.5. The number of hydrogen-bond donors (Lipinski definition) is 1. The summed E-state index contributed by atoms with van der Waals surface area (Å²) in [5.74, 6) is 2.19. The Bertz CT molecular complexity index is 568. The quantitative estimate of drug-likeness (QED) is 0.914. The second kappa shape index (κ2) is 5.32. The van der Waals surface area contributed by atoms with E-state index in [1.54, 1.807) is 14.2 Å². The maximum atomic E-state index is 9.28. The molecule has 1 aromatic carbocycles. The van der Waals surface area contributed by atoms with Gasteiger partial charge in [0.15, 0.2) is 0 Å². The summed E-state index contributed by atoms with van der Waals surface area (Å²) in [4.78, 5) is 4.45. The van der Waals surface area contributed by atoms with E-state index in [1.807, 2.05) is 36.7 Å². The fraction of sp³-hybridized carbons (Fsp3) is 0.357. The van der Waals surface area contributed by atoms with Crippen LogP contribution in [0.5, 0.6) is 11.5 Å². The lowest BCUT2D eigenvalue weighted by molar-refractivity contribution is 0.276. The Labute approximate surface area is 112 Å². The van der Waals surface area contributed by atoms with E-state index in [2.05, 4.69) is 4.98 Å². The summed E-state index contributed by atoms with van der Waals surface area (Å²) >= 11 is 0. The van der Waals surface area contributed by atoms with Gasteiger partial charge < -0.3 is 19.1 Å². The first-order chi connectivity index (χ1) is 9.10. The van der Waals surface area contributed by atoms with Crippen LogP contribution in [-0.4, -0.2) is 28.9 Å². The second-order valence-corrected chi connectivity index (χ2v) is 4.29. The Morgan fingerprint density at radius 1 is 1.16 bits per heavy atom. The van der Waals surface area contributed by atoms with Crippen LogP contribution in [0, 0.1) is 6.92 Å². The van der Waals surface area contributed by atoms with Crippen LogP contribution in [-0.2, 0) is 13.7 Å². The number of imidazole rings is 1. The van der Waals surface area contributed by atoms with Crippen molar-refractivity contribution in [3.05, 3.63) is 29.6 Å². The van der Waals surface area contributed by atoms with Gasteiger partial charge in [0.1, 0.15) is 17.3 Å². The van der Waals surface area contributed by atoms with E-state index >= 15 is 0 Å². The first-order valence-corrected chi connectivity index (χ1v) is 5.97. The van der Waals surface area contributed by atoms with Crippen LogP contribution in [0.4, 0.5) is 0 Å².